The van der Waals surface area contributed by atoms with Crippen LogP contribution in [0.1, 0.15) is 46.4 Å². The summed E-state index contributed by atoms with van der Waals surface area (Å²) in [5, 5.41) is 16.9. The van der Waals surface area contributed by atoms with E-state index in [-0.39, 0.29) is 23.2 Å². The van der Waals surface area contributed by atoms with Gasteiger partial charge in [-0.25, -0.2) is 0 Å². The average molecular weight is 394 g/mol. The second-order valence-electron chi connectivity index (χ2n) is 7.43. The van der Waals surface area contributed by atoms with Gasteiger partial charge in [0.05, 0.1) is 16.2 Å². The number of amides is 2. The number of nitrogens with one attached hydrogen (secondary N) is 2. The summed E-state index contributed by atoms with van der Waals surface area (Å²) in [6.45, 7) is 1.64. The van der Waals surface area contributed by atoms with Gasteiger partial charge in [0.1, 0.15) is 0 Å². The van der Waals surface area contributed by atoms with Gasteiger partial charge in [-0.05, 0) is 56.0 Å². The Morgan fingerprint density at radius 2 is 1.69 bits per heavy atom. The van der Waals surface area contributed by atoms with Crippen LogP contribution < -0.4 is 15.5 Å². The zero-order valence-corrected chi connectivity index (χ0v) is 15.9. The van der Waals surface area contributed by atoms with Crippen molar-refractivity contribution >= 4 is 28.9 Å². The van der Waals surface area contributed by atoms with Crippen molar-refractivity contribution < 1.29 is 14.5 Å². The van der Waals surface area contributed by atoms with Crippen LogP contribution in [-0.2, 0) is 0 Å². The number of hydrogen-bond donors (Lipinski definition) is 2. The van der Waals surface area contributed by atoms with Crippen LogP contribution in [0.15, 0.2) is 42.5 Å². The number of hydrogen-bond acceptors (Lipinski definition) is 5. The van der Waals surface area contributed by atoms with Gasteiger partial charge >= 0.3 is 0 Å². The number of anilines is 2. The van der Waals surface area contributed by atoms with Crippen LogP contribution in [0.4, 0.5) is 17.1 Å². The van der Waals surface area contributed by atoms with Crippen LogP contribution in [0.3, 0.4) is 0 Å². The molecule has 1 saturated carbocycles. The standard InChI is InChI=1S/C21H22N4O4/c26-20(22-16-7-8-16)14-3-5-15(6-4-14)23-21(27)18-13-17(25(28)29)9-10-19(18)24-11-1-2-12-24/h3-6,9-10,13,16H,1-2,7-8,11-12H2,(H,22,26)(H,23,27). The fourth-order valence-corrected chi connectivity index (χ4v) is 3.45. The fourth-order valence-electron chi connectivity index (χ4n) is 3.45. The van der Waals surface area contributed by atoms with Gasteiger partial charge in [-0.2, -0.15) is 0 Å². The third-order valence-corrected chi connectivity index (χ3v) is 5.20. The molecule has 0 radical (unpaired) electrons. The molecule has 1 aliphatic carbocycles. The Morgan fingerprint density at radius 1 is 1.00 bits per heavy atom. The van der Waals surface area contributed by atoms with E-state index in [0.717, 1.165) is 38.8 Å². The van der Waals surface area contributed by atoms with E-state index in [1.807, 2.05) is 0 Å². The number of nitrogens with zero attached hydrogens (tertiary/aromatic N) is 2. The largest absolute Gasteiger partial charge is 0.371 e. The highest BCUT2D eigenvalue weighted by atomic mass is 16.6. The molecule has 0 unspecified atom stereocenters. The monoisotopic (exact) mass is 394 g/mol. The van der Waals surface area contributed by atoms with Gasteiger partial charge in [0.15, 0.2) is 0 Å². The first-order chi connectivity index (χ1) is 14.0. The molecule has 0 aromatic heterocycles. The van der Waals surface area contributed by atoms with Crippen molar-refractivity contribution in [3.8, 4) is 0 Å². The molecular weight excluding hydrogens is 372 g/mol. The molecule has 2 aromatic carbocycles. The molecule has 4 rings (SSSR count). The molecule has 8 nitrogen and oxygen atoms in total. The Labute approximate surface area is 168 Å². The molecule has 8 heteroatoms. The van der Waals surface area contributed by atoms with Gasteiger partial charge in [-0.15, -0.1) is 0 Å². The number of rotatable bonds is 6. The first-order valence-electron chi connectivity index (χ1n) is 9.77. The maximum atomic E-state index is 12.9. The molecular formula is C21H22N4O4. The van der Waals surface area contributed by atoms with Crippen LogP contribution in [0.2, 0.25) is 0 Å². The van der Waals surface area contributed by atoms with E-state index in [0.29, 0.717) is 16.9 Å². The fraction of sp³-hybridized carbons (Fsp3) is 0.333. The van der Waals surface area contributed by atoms with Gasteiger partial charge in [0.25, 0.3) is 17.5 Å². The van der Waals surface area contributed by atoms with Crippen molar-refractivity contribution in [3.63, 3.8) is 0 Å². The third kappa shape index (κ3) is 4.37. The van der Waals surface area contributed by atoms with Gasteiger partial charge in [-0.3, -0.25) is 19.7 Å². The summed E-state index contributed by atoms with van der Waals surface area (Å²) in [6, 6.07) is 11.3. The minimum absolute atomic E-state index is 0.120. The van der Waals surface area contributed by atoms with Crippen molar-refractivity contribution in [1.82, 2.24) is 5.32 Å². The van der Waals surface area contributed by atoms with E-state index in [1.54, 1.807) is 30.3 Å². The molecule has 2 fully saturated rings. The van der Waals surface area contributed by atoms with Crippen LogP contribution >= 0.6 is 0 Å². The molecule has 2 aliphatic rings. The summed E-state index contributed by atoms with van der Waals surface area (Å²) in [4.78, 5) is 37.7. The van der Waals surface area contributed by atoms with Crippen LogP contribution in [-0.4, -0.2) is 35.9 Å². The molecule has 0 bridgehead atoms. The van der Waals surface area contributed by atoms with Crippen molar-refractivity contribution in [2.75, 3.05) is 23.3 Å². The van der Waals surface area contributed by atoms with E-state index in [2.05, 4.69) is 15.5 Å². The van der Waals surface area contributed by atoms with Crippen molar-refractivity contribution in [2.45, 2.75) is 31.7 Å². The van der Waals surface area contributed by atoms with Gasteiger partial charge in [-0.1, -0.05) is 0 Å². The van der Waals surface area contributed by atoms with E-state index in [1.165, 1.54) is 12.1 Å². The van der Waals surface area contributed by atoms with Gasteiger partial charge in [0.2, 0.25) is 0 Å². The zero-order valence-electron chi connectivity index (χ0n) is 15.9. The van der Waals surface area contributed by atoms with Gasteiger partial charge in [0, 0.05) is 42.5 Å². The lowest BCUT2D eigenvalue weighted by Gasteiger charge is -2.21. The Bertz CT molecular complexity index is 948. The Morgan fingerprint density at radius 3 is 2.31 bits per heavy atom. The molecule has 150 valence electrons. The minimum Gasteiger partial charge on any atom is -0.371 e. The predicted molar refractivity (Wildman–Crippen MR) is 109 cm³/mol. The average Bonchev–Trinajstić information content (AvgIpc) is 3.36. The molecule has 2 amide bonds. The minimum atomic E-state index is -0.502. The van der Waals surface area contributed by atoms with E-state index >= 15 is 0 Å². The highest BCUT2D eigenvalue weighted by molar-refractivity contribution is 6.09. The summed E-state index contributed by atoms with van der Waals surface area (Å²) in [6.07, 6.45) is 4.09. The maximum absolute atomic E-state index is 12.9. The van der Waals surface area contributed by atoms with Crippen molar-refractivity contribution in [1.29, 1.82) is 0 Å². The number of benzene rings is 2. The second kappa shape index (κ2) is 7.90. The molecule has 1 saturated heterocycles. The smallest absolute Gasteiger partial charge is 0.270 e. The quantitative estimate of drug-likeness (QED) is 0.578. The van der Waals surface area contributed by atoms with E-state index in [4.69, 9.17) is 0 Å². The van der Waals surface area contributed by atoms with Crippen molar-refractivity contribution in [3.05, 3.63) is 63.7 Å². The van der Waals surface area contributed by atoms with Crippen LogP contribution in [0.25, 0.3) is 0 Å². The maximum Gasteiger partial charge on any atom is 0.270 e. The SMILES string of the molecule is O=C(NC1CC1)c1ccc(NC(=O)c2cc([N+](=O)[O-])ccc2N2CCCC2)cc1. The number of carbonyl (C=O) groups is 2. The summed E-state index contributed by atoms with van der Waals surface area (Å²) in [5.74, 6) is -0.536. The molecule has 2 N–H and O–H groups in total. The summed E-state index contributed by atoms with van der Waals surface area (Å²) in [5.41, 5.74) is 1.91. The highest BCUT2D eigenvalue weighted by Gasteiger charge is 2.24. The predicted octanol–water partition coefficient (Wildman–Crippen LogP) is 3.34. The molecule has 29 heavy (non-hydrogen) atoms. The first-order valence-corrected chi connectivity index (χ1v) is 9.77. The lowest BCUT2D eigenvalue weighted by Crippen LogP contribution is -2.25. The number of non-ortho nitro benzene ring substituents is 1. The lowest BCUT2D eigenvalue weighted by molar-refractivity contribution is -0.384. The highest BCUT2D eigenvalue weighted by Crippen LogP contribution is 2.29. The number of nitro benzene ring substituents is 1. The van der Waals surface area contributed by atoms with Crippen LogP contribution in [0.5, 0.6) is 0 Å². The van der Waals surface area contributed by atoms with Crippen molar-refractivity contribution in [2.24, 2.45) is 0 Å². The normalized spacial score (nSPS) is 15.8. The van der Waals surface area contributed by atoms with E-state index in [9.17, 15) is 19.7 Å². The Hall–Kier alpha value is -3.42. The molecule has 0 spiro atoms. The topological polar surface area (TPSA) is 105 Å². The first kappa shape index (κ1) is 18.9. The van der Waals surface area contributed by atoms with Crippen LogP contribution in [0, 0.1) is 10.1 Å². The summed E-state index contributed by atoms with van der Waals surface area (Å²) in [7, 11) is 0. The summed E-state index contributed by atoms with van der Waals surface area (Å²) < 4.78 is 0. The van der Waals surface area contributed by atoms with Gasteiger partial charge < -0.3 is 15.5 Å². The Balaban J connectivity index is 1.53. The number of carbonyl (C=O) groups excluding carboxylic acids is 2. The molecule has 1 aliphatic heterocycles. The molecule has 0 atom stereocenters. The summed E-state index contributed by atoms with van der Waals surface area (Å²) >= 11 is 0. The lowest BCUT2D eigenvalue weighted by atomic mass is 10.1. The zero-order chi connectivity index (χ0) is 20.4. The number of nitro groups is 1. The molecule has 1 heterocycles. The van der Waals surface area contributed by atoms with E-state index < -0.39 is 10.8 Å². The third-order valence-electron chi connectivity index (χ3n) is 5.20. The molecule has 2 aromatic rings. The Kier molecular flexibility index (Phi) is 5.16. The second-order valence-corrected chi connectivity index (χ2v) is 7.43.